The second-order valence-corrected chi connectivity index (χ2v) is 6.01. The van der Waals surface area contributed by atoms with Crippen LogP contribution in [0.2, 0.25) is 0 Å². The van der Waals surface area contributed by atoms with Crippen molar-refractivity contribution in [1.82, 2.24) is 10.6 Å². The maximum atomic E-state index is 13.4. The standard InChI is InChI=1S/C17H25FN2O3/c1-23-15-8-12(7-14(18)9-15)10-19-17(22)20-16-6-4-2-3-5-13(16)11-21/h7-9,13,16,21H,2-6,10-11H2,1H3,(H2,19,20,22). The molecule has 2 amide bonds. The fraction of sp³-hybridized carbons (Fsp3) is 0.588. The van der Waals surface area contributed by atoms with Crippen molar-refractivity contribution >= 4 is 6.03 Å². The number of amides is 2. The van der Waals surface area contributed by atoms with E-state index in [0.29, 0.717) is 11.3 Å². The molecule has 23 heavy (non-hydrogen) atoms. The molecule has 0 bridgehead atoms. The maximum Gasteiger partial charge on any atom is 0.315 e. The molecular weight excluding hydrogens is 299 g/mol. The number of rotatable bonds is 5. The van der Waals surface area contributed by atoms with E-state index in [1.54, 1.807) is 6.07 Å². The Bertz CT molecular complexity index is 525. The number of hydrogen-bond donors (Lipinski definition) is 3. The van der Waals surface area contributed by atoms with Gasteiger partial charge in [0.25, 0.3) is 0 Å². The summed E-state index contributed by atoms with van der Waals surface area (Å²) in [6, 6.07) is 4.04. The van der Waals surface area contributed by atoms with Crippen molar-refractivity contribution in [3.63, 3.8) is 0 Å². The van der Waals surface area contributed by atoms with Crippen LogP contribution in [0.25, 0.3) is 0 Å². The summed E-state index contributed by atoms with van der Waals surface area (Å²) in [5.41, 5.74) is 0.636. The van der Waals surface area contributed by atoms with Gasteiger partial charge < -0.3 is 20.5 Å². The van der Waals surface area contributed by atoms with Gasteiger partial charge in [-0.1, -0.05) is 19.3 Å². The number of methoxy groups -OCH3 is 1. The summed E-state index contributed by atoms with van der Waals surface area (Å²) in [4.78, 5) is 12.1. The van der Waals surface area contributed by atoms with Crippen LogP contribution < -0.4 is 15.4 Å². The molecule has 0 spiro atoms. The van der Waals surface area contributed by atoms with E-state index in [1.165, 1.54) is 19.2 Å². The zero-order valence-electron chi connectivity index (χ0n) is 13.5. The van der Waals surface area contributed by atoms with E-state index in [0.717, 1.165) is 32.1 Å². The smallest absolute Gasteiger partial charge is 0.315 e. The molecule has 1 fully saturated rings. The molecule has 1 aliphatic carbocycles. The summed E-state index contributed by atoms with van der Waals surface area (Å²) < 4.78 is 18.4. The molecule has 2 rings (SSSR count). The molecule has 1 aliphatic rings. The van der Waals surface area contributed by atoms with E-state index < -0.39 is 5.82 Å². The van der Waals surface area contributed by atoms with Crippen molar-refractivity contribution in [3.8, 4) is 5.75 Å². The van der Waals surface area contributed by atoms with E-state index in [4.69, 9.17) is 4.74 Å². The van der Waals surface area contributed by atoms with Gasteiger partial charge in [0, 0.05) is 31.2 Å². The fourth-order valence-corrected chi connectivity index (χ4v) is 3.04. The highest BCUT2D eigenvalue weighted by Gasteiger charge is 2.24. The lowest BCUT2D eigenvalue weighted by Crippen LogP contribution is -2.45. The SMILES string of the molecule is COc1cc(F)cc(CNC(=O)NC2CCCCCC2CO)c1. The number of nitrogens with one attached hydrogen (secondary N) is 2. The van der Waals surface area contributed by atoms with Crippen molar-refractivity contribution in [2.75, 3.05) is 13.7 Å². The molecule has 0 saturated heterocycles. The summed E-state index contributed by atoms with van der Waals surface area (Å²) in [5.74, 6) is 0.134. The van der Waals surface area contributed by atoms with Gasteiger partial charge in [0.05, 0.1) is 7.11 Å². The van der Waals surface area contributed by atoms with Crippen LogP contribution in [0, 0.1) is 11.7 Å². The second kappa shape index (κ2) is 8.72. The minimum atomic E-state index is -0.398. The number of hydrogen-bond acceptors (Lipinski definition) is 3. The number of aliphatic hydroxyl groups is 1. The van der Waals surface area contributed by atoms with Crippen molar-refractivity contribution in [2.45, 2.75) is 44.7 Å². The third kappa shape index (κ3) is 5.39. The van der Waals surface area contributed by atoms with Gasteiger partial charge in [0.1, 0.15) is 11.6 Å². The Labute approximate surface area is 136 Å². The Morgan fingerprint density at radius 1 is 1.30 bits per heavy atom. The minimum Gasteiger partial charge on any atom is -0.497 e. The summed E-state index contributed by atoms with van der Waals surface area (Å²) in [6.45, 7) is 0.308. The van der Waals surface area contributed by atoms with Crippen LogP contribution in [-0.2, 0) is 6.54 Å². The van der Waals surface area contributed by atoms with Crippen LogP contribution in [0.3, 0.4) is 0 Å². The van der Waals surface area contributed by atoms with Crippen LogP contribution in [0.15, 0.2) is 18.2 Å². The van der Waals surface area contributed by atoms with E-state index >= 15 is 0 Å². The molecule has 5 nitrogen and oxygen atoms in total. The predicted molar refractivity (Wildman–Crippen MR) is 85.8 cm³/mol. The average Bonchev–Trinajstić information content (AvgIpc) is 2.77. The van der Waals surface area contributed by atoms with Crippen LogP contribution in [0.5, 0.6) is 5.75 Å². The monoisotopic (exact) mass is 324 g/mol. The van der Waals surface area contributed by atoms with E-state index in [2.05, 4.69) is 10.6 Å². The van der Waals surface area contributed by atoms with Gasteiger partial charge in [-0.3, -0.25) is 0 Å². The topological polar surface area (TPSA) is 70.6 Å². The molecule has 6 heteroatoms. The molecule has 0 aliphatic heterocycles. The molecule has 3 N–H and O–H groups in total. The minimum absolute atomic E-state index is 0.00968. The van der Waals surface area contributed by atoms with Gasteiger partial charge in [-0.15, -0.1) is 0 Å². The van der Waals surface area contributed by atoms with Gasteiger partial charge in [0.2, 0.25) is 0 Å². The Balaban J connectivity index is 1.87. The first kappa shape index (κ1) is 17.5. The van der Waals surface area contributed by atoms with E-state index in [1.807, 2.05) is 0 Å². The molecule has 0 radical (unpaired) electrons. The van der Waals surface area contributed by atoms with Crippen molar-refractivity contribution in [3.05, 3.63) is 29.6 Å². The Morgan fingerprint density at radius 3 is 2.83 bits per heavy atom. The van der Waals surface area contributed by atoms with Gasteiger partial charge in [-0.2, -0.15) is 0 Å². The van der Waals surface area contributed by atoms with Crippen LogP contribution in [-0.4, -0.2) is 30.9 Å². The highest BCUT2D eigenvalue weighted by Crippen LogP contribution is 2.23. The first-order valence-electron chi connectivity index (χ1n) is 8.11. The molecule has 1 saturated carbocycles. The molecule has 2 unspecified atom stereocenters. The molecule has 0 aromatic heterocycles. The lowest BCUT2D eigenvalue weighted by atomic mass is 9.96. The van der Waals surface area contributed by atoms with Crippen molar-refractivity contribution in [1.29, 1.82) is 0 Å². The number of carbonyl (C=O) groups excluding carboxylic acids is 1. The number of urea groups is 1. The van der Waals surface area contributed by atoms with Crippen molar-refractivity contribution < 1.29 is 19.0 Å². The number of halogens is 1. The third-order valence-electron chi connectivity index (χ3n) is 4.33. The van der Waals surface area contributed by atoms with Gasteiger partial charge in [0.15, 0.2) is 0 Å². The Hall–Kier alpha value is -1.82. The average molecular weight is 324 g/mol. The zero-order chi connectivity index (χ0) is 16.7. The van der Waals surface area contributed by atoms with Crippen molar-refractivity contribution in [2.24, 2.45) is 5.92 Å². The molecule has 128 valence electrons. The van der Waals surface area contributed by atoms with Gasteiger partial charge >= 0.3 is 6.03 Å². The number of benzene rings is 1. The lowest BCUT2D eigenvalue weighted by Gasteiger charge is -2.24. The second-order valence-electron chi connectivity index (χ2n) is 6.01. The molecule has 0 heterocycles. The van der Waals surface area contributed by atoms with Gasteiger partial charge in [-0.05, 0) is 30.5 Å². The third-order valence-corrected chi connectivity index (χ3v) is 4.33. The first-order valence-corrected chi connectivity index (χ1v) is 8.11. The molecule has 2 atom stereocenters. The summed E-state index contributed by atoms with van der Waals surface area (Å²) in [5, 5.41) is 15.1. The highest BCUT2D eigenvalue weighted by molar-refractivity contribution is 5.74. The normalized spacial score (nSPS) is 21.3. The number of aliphatic hydroxyl groups excluding tert-OH is 1. The lowest BCUT2D eigenvalue weighted by molar-refractivity contribution is 0.179. The van der Waals surface area contributed by atoms with E-state index in [9.17, 15) is 14.3 Å². The summed E-state index contributed by atoms with van der Waals surface area (Å²) in [7, 11) is 1.47. The highest BCUT2D eigenvalue weighted by atomic mass is 19.1. The molecule has 1 aromatic rings. The zero-order valence-corrected chi connectivity index (χ0v) is 13.5. The number of carbonyl (C=O) groups is 1. The van der Waals surface area contributed by atoms with Crippen LogP contribution in [0.1, 0.15) is 37.7 Å². The number of ether oxygens (including phenoxy) is 1. The van der Waals surface area contributed by atoms with E-state index in [-0.39, 0.29) is 31.1 Å². The quantitative estimate of drug-likeness (QED) is 0.729. The van der Waals surface area contributed by atoms with Crippen LogP contribution >= 0.6 is 0 Å². The molecular formula is C17H25FN2O3. The summed E-state index contributed by atoms with van der Waals surface area (Å²) in [6.07, 6.45) is 5.10. The largest absolute Gasteiger partial charge is 0.497 e. The Morgan fingerprint density at radius 2 is 2.09 bits per heavy atom. The fourth-order valence-electron chi connectivity index (χ4n) is 3.04. The first-order chi connectivity index (χ1) is 11.1. The van der Waals surface area contributed by atoms with Gasteiger partial charge in [-0.25, -0.2) is 9.18 Å². The Kier molecular flexibility index (Phi) is 6.65. The molecule has 1 aromatic carbocycles. The van der Waals surface area contributed by atoms with Crippen LogP contribution in [0.4, 0.5) is 9.18 Å². The predicted octanol–water partition coefficient (Wildman–Crippen LogP) is 2.57. The maximum absolute atomic E-state index is 13.4. The summed E-state index contributed by atoms with van der Waals surface area (Å²) >= 11 is 0.